The highest BCUT2D eigenvalue weighted by Crippen LogP contribution is 2.14. The summed E-state index contributed by atoms with van der Waals surface area (Å²) in [5.41, 5.74) is 6.00. The number of benzene rings is 1. The number of carbonyl (C=O) groups is 1. The molecular weight excluding hydrogens is 301 g/mol. The third-order valence-corrected chi connectivity index (χ3v) is 2.82. The van der Waals surface area contributed by atoms with E-state index in [4.69, 9.17) is 29.0 Å². The molecule has 0 atom stereocenters. The van der Waals surface area contributed by atoms with Gasteiger partial charge in [-0.2, -0.15) is 5.10 Å². The number of urea groups is 1. The van der Waals surface area contributed by atoms with Crippen LogP contribution >= 0.6 is 23.2 Å². The lowest BCUT2D eigenvalue weighted by Crippen LogP contribution is -2.37. The fourth-order valence-electron chi connectivity index (χ4n) is 1.54. The molecule has 0 aliphatic carbocycles. The molecule has 0 aliphatic heterocycles. The molecule has 0 spiro atoms. The standard InChI is InChI=1S/C12H17Cl2N5O/c13-5-7-19(8-6-14)11-3-1-10(2-4-11)9-16-18-12(20)17-15/h1-4,9H,5-8,15H2,(H2,17,18,20). The number of carbonyl (C=O) groups excluding carboxylic acids is 1. The molecule has 0 fully saturated rings. The topological polar surface area (TPSA) is 82.7 Å². The van der Waals surface area contributed by atoms with Gasteiger partial charge >= 0.3 is 6.03 Å². The van der Waals surface area contributed by atoms with Crippen LogP contribution in [0.3, 0.4) is 0 Å². The van der Waals surface area contributed by atoms with E-state index in [-0.39, 0.29) is 0 Å². The summed E-state index contributed by atoms with van der Waals surface area (Å²) in [4.78, 5) is 12.9. The number of hydrogen-bond acceptors (Lipinski definition) is 4. The molecule has 20 heavy (non-hydrogen) atoms. The fourth-order valence-corrected chi connectivity index (χ4v) is 1.95. The maximum Gasteiger partial charge on any atom is 0.349 e. The summed E-state index contributed by atoms with van der Waals surface area (Å²) >= 11 is 11.5. The largest absolute Gasteiger partial charge is 0.369 e. The minimum absolute atomic E-state index is 0.540. The van der Waals surface area contributed by atoms with Gasteiger partial charge in [0.15, 0.2) is 0 Å². The van der Waals surface area contributed by atoms with Gasteiger partial charge in [-0.05, 0) is 17.7 Å². The molecule has 0 bridgehead atoms. The summed E-state index contributed by atoms with van der Waals surface area (Å²) in [6.07, 6.45) is 1.52. The average molecular weight is 318 g/mol. The quantitative estimate of drug-likeness (QED) is 0.234. The van der Waals surface area contributed by atoms with Gasteiger partial charge < -0.3 is 4.90 Å². The van der Waals surface area contributed by atoms with Crippen LogP contribution in [-0.4, -0.2) is 37.1 Å². The Labute approximate surface area is 127 Å². The van der Waals surface area contributed by atoms with Gasteiger partial charge in [-0.1, -0.05) is 12.1 Å². The van der Waals surface area contributed by atoms with E-state index in [1.165, 1.54) is 6.21 Å². The Kier molecular flexibility index (Phi) is 7.79. The molecule has 8 heteroatoms. The van der Waals surface area contributed by atoms with E-state index in [1.54, 1.807) is 0 Å². The highest BCUT2D eigenvalue weighted by atomic mass is 35.5. The molecule has 0 unspecified atom stereocenters. The van der Waals surface area contributed by atoms with Gasteiger partial charge in [0.1, 0.15) is 0 Å². The van der Waals surface area contributed by atoms with Crippen molar-refractivity contribution in [1.82, 2.24) is 10.9 Å². The van der Waals surface area contributed by atoms with Crippen molar-refractivity contribution in [2.24, 2.45) is 10.9 Å². The van der Waals surface area contributed by atoms with E-state index in [2.05, 4.69) is 15.4 Å². The fraction of sp³-hybridized carbons (Fsp3) is 0.333. The van der Waals surface area contributed by atoms with Crippen LogP contribution in [-0.2, 0) is 0 Å². The number of nitrogens with zero attached hydrogens (tertiary/aromatic N) is 2. The van der Waals surface area contributed by atoms with E-state index in [0.717, 1.165) is 24.3 Å². The van der Waals surface area contributed by atoms with Crippen LogP contribution in [0.2, 0.25) is 0 Å². The van der Waals surface area contributed by atoms with Crippen LogP contribution in [0.25, 0.3) is 0 Å². The molecule has 0 aliphatic rings. The maximum absolute atomic E-state index is 10.8. The zero-order valence-electron chi connectivity index (χ0n) is 10.9. The monoisotopic (exact) mass is 317 g/mol. The summed E-state index contributed by atoms with van der Waals surface area (Å²) in [6, 6.07) is 7.09. The van der Waals surface area contributed by atoms with E-state index >= 15 is 0 Å². The Morgan fingerprint density at radius 3 is 2.35 bits per heavy atom. The summed E-state index contributed by atoms with van der Waals surface area (Å²) in [6.45, 7) is 1.47. The number of alkyl halides is 2. The molecule has 6 nitrogen and oxygen atoms in total. The molecule has 4 N–H and O–H groups in total. The molecule has 0 saturated carbocycles. The number of hydrogen-bond donors (Lipinski definition) is 3. The van der Waals surface area contributed by atoms with E-state index in [9.17, 15) is 4.79 Å². The number of anilines is 1. The smallest absolute Gasteiger partial charge is 0.349 e. The van der Waals surface area contributed by atoms with Gasteiger partial charge in [-0.3, -0.25) is 5.43 Å². The van der Waals surface area contributed by atoms with Gasteiger partial charge in [0.2, 0.25) is 0 Å². The third kappa shape index (κ3) is 5.64. The lowest BCUT2D eigenvalue weighted by atomic mass is 10.2. The van der Waals surface area contributed by atoms with Gasteiger partial charge in [-0.15, -0.1) is 23.2 Å². The predicted octanol–water partition coefficient (Wildman–Crippen LogP) is 1.48. The highest BCUT2D eigenvalue weighted by molar-refractivity contribution is 6.18. The lowest BCUT2D eigenvalue weighted by Gasteiger charge is -2.22. The van der Waals surface area contributed by atoms with Gasteiger partial charge in [0.05, 0.1) is 6.21 Å². The predicted molar refractivity (Wildman–Crippen MR) is 83.5 cm³/mol. The summed E-state index contributed by atoms with van der Waals surface area (Å²) < 4.78 is 0. The number of halogens is 2. The molecule has 1 aromatic carbocycles. The molecule has 1 rings (SSSR count). The number of rotatable bonds is 7. The van der Waals surface area contributed by atoms with Crippen molar-refractivity contribution in [3.05, 3.63) is 29.8 Å². The van der Waals surface area contributed by atoms with Crippen molar-refractivity contribution in [2.45, 2.75) is 0 Å². The third-order valence-electron chi connectivity index (χ3n) is 2.48. The molecule has 0 heterocycles. The Balaban J connectivity index is 2.64. The molecule has 1 aromatic rings. The van der Waals surface area contributed by atoms with Crippen LogP contribution in [0.5, 0.6) is 0 Å². The van der Waals surface area contributed by atoms with Crippen molar-refractivity contribution in [2.75, 3.05) is 29.7 Å². The number of amides is 2. The van der Waals surface area contributed by atoms with Gasteiger partial charge in [0.25, 0.3) is 0 Å². The van der Waals surface area contributed by atoms with Crippen LogP contribution in [0, 0.1) is 0 Å². The molecule has 2 amide bonds. The Morgan fingerprint density at radius 2 is 1.85 bits per heavy atom. The molecule has 0 saturated heterocycles. The maximum atomic E-state index is 10.8. The van der Waals surface area contributed by atoms with Crippen LogP contribution in [0.1, 0.15) is 5.56 Å². The first kappa shape index (κ1) is 16.6. The second-order valence-electron chi connectivity index (χ2n) is 3.80. The Morgan fingerprint density at radius 1 is 1.25 bits per heavy atom. The van der Waals surface area contributed by atoms with Gasteiger partial charge in [0, 0.05) is 30.5 Å². The first-order valence-electron chi connectivity index (χ1n) is 5.98. The van der Waals surface area contributed by atoms with Crippen LogP contribution in [0.15, 0.2) is 29.4 Å². The normalized spacial score (nSPS) is 10.6. The average Bonchev–Trinajstić information content (AvgIpc) is 2.47. The van der Waals surface area contributed by atoms with Crippen molar-refractivity contribution >= 4 is 41.1 Å². The number of hydrazine groups is 1. The minimum Gasteiger partial charge on any atom is -0.369 e. The van der Waals surface area contributed by atoms with Crippen molar-refractivity contribution < 1.29 is 4.79 Å². The Bertz CT molecular complexity index is 432. The zero-order valence-corrected chi connectivity index (χ0v) is 12.4. The summed E-state index contributed by atoms with van der Waals surface area (Å²) in [5, 5.41) is 3.74. The number of nitrogens with two attached hydrogens (primary N) is 1. The molecular formula is C12H17Cl2N5O. The van der Waals surface area contributed by atoms with E-state index in [1.807, 2.05) is 29.7 Å². The lowest BCUT2D eigenvalue weighted by molar-refractivity contribution is 0.241. The Hall–Kier alpha value is -1.50. The van der Waals surface area contributed by atoms with Gasteiger partial charge in [-0.25, -0.2) is 16.1 Å². The number of hydrazone groups is 1. The second kappa shape index (κ2) is 9.41. The summed E-state index contributed by atoms with van der Waals surface area (Å²) in [7, 11) is 0. The van der Waals surface area contributed by atoms with Crippen molar-refractivity contribution in [3.8, 4) is 0 Å². The summed E-state index contributed by atoms with van der Waals surface area (Å²) in [5.74, 6) is 5.98. The van der Waals surface area contributed by atoms with Crippen LogP contribution < -0.4 is 21.6 Å². The molecule has 0 radical (unpaired) electrons. The molecule has 0 aromatic heterocycles. The molecule has 110 valence electrons. The second-order valence-corrected chi connectivity index (χ2v) is 4.56. The first-order chi connectivity index (χ1) is 9.71. The van der Waals surface area contributed by atoms with Crippen LogP contribution in [0.4, 0.5) is 10.5 Å². The van der Waals surface area contributed by atoms with E-state index < -0.39 is 6.03 Å². The van der Waals surface area contributed by atoms with E-state index in [0.29, 0.717) is 11.8 Å². The van der Waals surface area contributed by atoms with Crippen molar-refractivity contribution in [1.29, 1.82) is 0 Å². The SMILES string of the molecule is NNC(=O)NN=Cc1ccc(N(CCCl)CCCl)cc1. The zero-order chi connectivity index (χ0) is 14.8. The van der Waals surface area contributed by atoms with Crippen molar-refractivity contribution in [3.63, 3.8) is 0 Å². The minimum atomic E-state index is -0.576. The highest BCUT2D eigenvalue weighted by Gasteiger charge is 2.04. The first-order valence-corrected chi connectivity index (χ1v) is 7.04. The number of nitrogens with one attached hydrogen (secondary N) is 2.